The first-order chi connectivity index (χ1) is 19.8. The molecule has 0 N–H and O–H groups in total. The van der Waals surface area contributed by atoms with Crippen LogP contribution in [0.4, 0.5) is 17.1 Å². The van der Waals surface area contributed by atoms with Crippen molar-refractivity contribution < 1.29 is 4.42 Å². The molecule has 0 aliphatic rings. The second-order valence-corrected chi connectivity index (χ2v) is 10.2. The maximum atomic E-state index is 6.45. The van der Waals surface area contributed by atoms with Crippen molar-refractivity contribution in [3.05, 3.63) is 152 Å². The van der Waals surface area contributed by atoms with E-state index in [0.717, 1.165) is 39.0 Å². The molecular formula is C38H25NO. The average molecular weight is 512 g/mol. The molecule has 0 fully saturated rings. The summed E-state index contributed by atoms with van der Waals surface area (Å²) in [5.41, 5.74) is 7.40. The minimum Gasteiger partial charge on any atom is -0.454 e. The lowest BCUT2D eigenvalue weighted by molar-refractivity contribution is 0.669. The molecule has 0 aliphatic carbocycles. The van der Waals surface area contributed by atoms with E-state index >= 15 is 0 Å². The zero-order valence-electron chi connectivity index (χ0n) is 21.8. The molecule has 0 radical (unpaired) electrons. The molecule has 1 heterocycles. The Balaban J connectivity index is 1.31. The zero-order valence-corrected chi connectivity index (χ0v) is 21.8. The van der Waals surface area contributed by atoms with Crippen molar-refractivity contribution in [2.45, 2.75) is 0 Å². The third-order valence-electron chi connectivity index (χ3n) is 7.84. The first-order valence-corrected chi connectivity index (χ1v) is 13.6. The fourth-order valence-electron chi connectivity index (χ4n) is 6.00. The molecule has 188 valence electrons. The van der Waals surface area contributed by atoms with Gasteiger partial charge >= 0.3 is 0 Å². The molecule has 0 bridgehead atoms. The van der Waals surface area contributed by atoms with Gasteiger partial charge in [0.15, 0.2) is 5.58 Å². The highest BCUT2D eigenvalue weighted by Crippen LogP contribution is 2.43. The van der Waals surface area contributed by atoms with Crippen LogP contribution in [0, 0.1) is 0 Å². The van der Waals surface area contributed by atoms with Crippen LogP contribution in [0.1, 0.15) is 0 Å². The van der Waals surface area contributed by atoms with E-state index in [9.17, 15) is 0 Å². The van der Waals surface area contributed by atoms with Crippen LogP contribution >= 0.6 is 0 Å². The third kappa shape index (κ3) is 3.58. The Labute approximate surface area is 232 Å². The topological polar surface area (TPSA) is 16.4 Å². The van der Waals surface area contributed by atoms with E-state index in [1.807, 2.05) is 12.1 Å². The standard InChI is InChI=1S/C38H25NO/c1-2-12-28(13-3-1)39(36-19-10-18-34-33-17-8-9-20-37(33)40-38(34)36)29-23-21-26(22-24-29)35-25-27-11-4-5-14-30(27)31-15-6-7-16-32(31)35/h1-25H. The molecule has 8 rings (SSSR count). The van der Waals surface area contributed by atoms with Gasteiger partial charge in [0.2, 0.25) is 0 Å². The van der Waals surface area contributed by atoms with Gasteiger partial charge in [0.1, 0.15) is 5.58 Å². The van der Waals surface area contributed by atoms with Crippen molar-refractivity contribution >= 4 is 60.5 Å². The van der Waals surface area contributed by atoms with Crippen LogP contribution in [-0.4, -0.2) is 0 Å². The monoisotopic (exact) mass is 511 g/mol. The molecule has 2 heteroatoms. The molecule has 0 aliphatic heterocycles. The molecule has 0 saturated carbocycles. The number of hydrogen-bond donors (Lipinski definition) is 0. The summed E-state index contributed by atoms with van der Waals surface area (Å²) in [5, 5.41) is 7.33. The molecular weight excluding hydrogens is 486 g/mol. The summed E-state index contributed by atoms with van der Waals surface area (Å²) in [6.07, 6.45) is 0. The van der Waals surface area contributed by atoms with E-state index in [0.29, 0.717) is 0 Å². The van der Waals surface area contributed by atoms with Crippen LogP contribution in [0.5, 0.6) is 0 Å². The van der Waals surface area contributed by atoms with E-state index in [1.165, 1.54) is 32.7 Å². The van der Waals surface area contributed by atoms with Crippen LogP contribution in [0.15, 0.2) is 156 Å². The largest absolute Gasteiger partial charge is 0.454 e. The Morgan fingerprint density at radius 2 is 1.05 bits per heavy atom. The highest BCUT2D eigenvalue weighted by atomic mass is 16.3. The maximum absolute atomic E-state index is 6.45. The van der Waals surface area contributed by atoms with Crippen LogP contribution < -0.4 is 4.90 Å². The highest BCUT2D eigenvalue weighted by molar-refractivity contribution is 6.14. The van der Waals surface area contributed by atoms with Crippen molar-refractivity contribution in [3.8, 4) is 11.1 Å². The molecule has 7 aromatic carbocycles. The second-order valence-electron chi connectivity index (χ2n) is 10.2. The molecule has 0 unspecified atom stereocenters. The number of anilines is 3. The lowest BCUT2D eigenvalue weighted by Crippen LogP contribution is -2.10. The van der Waals surface area contributed by atoms with Crippen molar-refractivity contribution in [2.75, 3.05) is 4.90 Å². The summed E-state index contributed by atoms with van der Waals surface area (Å²) in [5.74, 6) is 0. The smallest absolute Gasteiger partial charge is 0.159 e. The molecule has 8 aromatic rings. The molecule has 0 atom stereocenters. The van der Waals surface area contributed by atoms with Crippen LogP contribution in [0.3, 0.4) is 0 Å². The van der Waals surface area contributed by atoms with Crippen LogP contribution in [-0.2, 0) is 0 Å². The lowest BCUT2D eigenvalue weighted by Gasteiger charge is -2.25. The van der Waals surface area contributed by atoms with E-state index in [2.05, 4.69) is 144 Å². The van der Waals surface area contributed by atoms with Crippen molar-refractivity contribution in [1.29, 1.82) is 0 Å². The Bertz CT molecular complexity index is 2160. The minimum absolute atomic E-state index is 0.886. The lowest BCUT2D eigenvalue weighted by atomic mass is 9.93. The van der Waals surface area contributed by atoms with Crippen molar-refractivity contribution in [3.63, 3.8) is 0 Å². The number of fused-ring (bicyclic) bond motifs is 6. The van der Waals surface area contributed by atoms with Gasteiger partial charge in [0, 0.05) is 22.1 Å². The van der Waals surface area contributed by atoms with Gasteiger partial charge in [-0.1, -0.05) is 109 Å². The minimum atomic E-state index is 0.886. The number of para-hydroxylation sites is 3. The van der Waals surface area contributed by atoms with E-state index in [-0.39, 0.29) is 0 Å². The van der Waals surface area contributed by atoms with Gasteiger partial charge < -0.3 is 9.32 Å². The van der Waals surface area contributed by atoms with Crippen molar-refractivity contribution in [1.82, 2.24) is 0 Å². The quantitative estimate of drug-likeness (QED) is 0.218. The van der Waals surface area contributed by atoms with E-state index < -0.39 is 0 Å². The van der Waals surface area contributed by atoms with Crippen LogP contribution in [0.25, 0.3) is 54.6 Å². The number of furan rings is 1. The number of nitrogens with zero attached hydrogens (tertiary/aromatic N) is 1. The number of benzene rings is 7. The summed E-state index contributed by atoms with van der Waals surface area (Å²) in [6, 6.07) is 53.7. The zero-order chi connectivity index (χ0) is 26.5. The van der Waals surface area contributed by atoms with Gasteiger partial charge in [0.25, 0.3) is 0 Å². The first-order valence-electron chi connectivity index (χ1n) is 13.6. The Hall–Kier alpha value is -5.34. The van der Waals surface area contributed by atoms with Crippen molar-refractivity contribution in [2.24, 2.45) is 0 Å². The number of hydrogen-bond acceptors (Lipinski definition) is 2. The maximum Gasteiger partial charge on any atom is 0.159 e. The van der Waals surface area contributed by atoms with Gasteiger partial charge in [0.05, 0.1) is 5.69 Å². The highest BCUT2D eigenvalue weighted by Gasteiger charge is 2.19. The van der Waals surface area contributed by atoms with E-state index in [4.69, 9.17) is 4.42 Å². The fraction of sp³-hybridized carbons (Fsp3) is 0. The molecule has 1 aromatic heterocycles. The fourth-order valence-corrected chi connectivity index (χ4v) is 6.00. The SMILES string of the molecule is c1ccc(N(c2ccc(-c3cc4ccccc4c4ccccc34)cc2)c2cccc3c2oc2ccccc23)cc1. The summed E-state index contributed by atoms with van der Waals surface area (Å²) in [4.78, 5) is 2.28. The molecule has 0 amide bonds. The third-order valence-corrected chi connectivity index (χ3v) is 7.84. The van der Waals surface area contributed by atoms with Gasteiger partial charge in [-0.3, -0.25) is 0 Å². The van der Waals surface area contributed by atoms with Gasteiger partial charge in [-0.15, -0.1) is 0 Å². The Kier molecular flexibility index (Phi) is 5.17. The summed E-state index contributed by atoms with van der Waals surface area (Å²) >= 11 is 0. The first kappa shape index (κ1) is 22.6. The van der Waals surface area contributed by atoms with Gasteiger partial charge in [-0.25, -0.2) is 0 Å². The summed E-state index contributed by atoms with van der Waals surface area (Å²) < 4.78 is 6.45. The molecule has 2 nitrogen and oxygen atoms in total. The molecule has 0 saturated heterocycles. The van der Waals surface area contributed by atoms with Crippen LogP contribution in [0.2, 0.25) is 0 Å². The Morgan fingerprint density at radius 3 is 1.88 bits per heavy atom. The Morgan fingerprint density at radius 1 is 0.425 bits per heavy atom. The summed E-state index contributed by atoms with van der Waals surface area (Å²) in [6.45, 7) is 0. The normalized spacial score (nSPS) is 11.5. The average Bonchev–Trinajstić information content (AvgIpc) is 3.41. The van der Waals surface area contributed by atoms with E-state index in [1.54, 1.807) is 0 Å². The second kappa shape index (κ2) is 9.14. The van der Waals surface area contributed by atoms with Gasteiger partial charge in [-0.05, 0) is 75.1 Å². The number of rotatable bonds is 4. The predicted molar refractivity (Wildman–Crippen MR) is 169 cm³/mol. The summed E-state index contributed by atoms with van der Waals surface area (Å²) in [7, 11) is 0. The predicted octanol–water partition coefficient (Wildman–Crippen LogP) is 11.0. The molecule has 0 spiro atoms. The molecule has 40 heavy (non-hydrogen) atoms. The van der Waals surface area contributed by atoms with Gasteiger partial charge in [-0.2, -0.15) is 0 Å².